The topological polar surface area (TPSA) is 35.0 Å². The Kier molecular flexibility index (Phi) is 4.34. The van der Waals surface area contributed by atoms with E-state index in [0.29, 0.717) is 5.92 Å². The van der Waals surface area contributed by atoms with Gasteiger partial charge in [-0.2, -0.15) is 0 Å². The van der Waals surface area contributed by atoms with Crippen LogP contribution >= 0.6 is 0 Å². The molecule has 0 aliphatic rings. The zero-order chi connectivity index (χ0) is 15.5. The van der Waals surface area contributed by atoms with Gasteiger partial charge in [-0.15, -0.1) is 0 Å². The van der Waals surface area contributed by atoms with E-state index >= 15 is 0 Å². The van der Waals surface area contributed by atoms with E-state index in [1.807, 2.05) is 12.3 Å². The maximum absolute atomic E-state index is 5.73. The Hall–Kier alpha value is -2.00. The Morgan fingerprint density at radius 1 is 1.05 bits per heavy atom. The number of benzene rings is 1. The predicted octanol–water partition coefficient (Wildman–Crippen LogP) is 4.91. The molecule has 2 atom stereocenters. The van der Waals surface area contributed by atoms with Gasteiger partial charge in [0.1, 0.15) is 6.10 Å². The lowest BCUT2D eigenvalue weighted by molar-refractivity contribution is 0.0513. The van der Waals surface area contributed by atoms with Gasteiger partial charge in [-0.1, -0.05) is 44.5 Å². The van der Waals surface area contributed by atoms with Gasteiger partial charge in [-0.3, -0.25) is 4.98 Å². The highest BCUT2D eigenvalue weighted by atomic mass is 16.5. The monoisotopic (exact) mass is 294 g/mol. The van der Waals surface area contributed by atoms with Crippen molar-refractivity contribution in [1.82, 2.24) is 9.97 Å². The zero-order valence-corrected chi connectivity index (χ0v) is 13.4. The maximum Gasteiger partial charge on any atom is 0.102 e. The third kappa shape index (κ3) is 2.69. The third-order valence-corrected chi connectivity index (χ3v) is 4.26. The number of methoxy groups -OCH3 is 1. The summed E-state index contributed by atoms with van der Waals surface area (Å²) in [6.07, 6.45) is 4.14. The summed E-state index contributed by atoms with van der Waals surface area (Å²) in [6, 6.07) is 12.4. The van der Waals surface area contributed by atoms with Crippen LogP contribution in [0.25, 0.3) is 21.8 Å². The molecule has 2 aromatic heterocycles. The van der Waals surface area contributed by atoms with Gasteiger partial charge in [0.05, 0.1) is 16.7 Å². The van der Waals surface area contributed by atoms with Gasteiger partial charge in [-0.25, -0.2) is 4.98 Å². The molecule has 0 saturated carbocycles. The second kappa shape index (κ2) is 6.41. The molecule has 0 fully saturated rings. The van der Waals surface area contributed by atoms with Gasteiger partial charge >= 0.3 is 0 Å². The molecule has 0 amide bonds. The second-order valence-electron chi connectivity index (χ2n) is 5.87. The number of fused-ring (bicyclic) bond motifs is 3. The number of hydrogen-bond donors (Lipinski definition) is 0. The van der Waals surface area contributed by atoms with Crippen LogP contribution in [0.4, 0.5) is 0 Å². The molecule has 22 heavy (non-hydrogen) atoms. The predicted molar refractivity (Wildman–Crippen MR) is 90.9 cm³/mol. The fraction of sp³-hybridized carbons (Fsp3) is 0.368. The first-order valence-corrected chi connectivity index (χ1v) is 7.91. The minimum Gasteiger partial charge on any atom is -0.375 e. The Bertz CT molecular complexity index is 785. The normalized spacial score (nSPS) is 14.3. The van der Waals surface area contributed by atoms with E-state index < -0.39 is 0 Å². The molecule has 0 bridgehead atoms. The van der Waals surface area contributed by atoms with Crippen molar-refractivity contribution in [3.8, 4) is 0 Å². The van der Waals surface area contributed by atoms with Crippen molar-refractivity contribution in [3.63, 3.8) is 0 Å². The molecule has 1 aromatic carbocycles. The Labute approximate surface area is 131 Å². The number of rotatable bonds is 5. The highest BCUT2D eigenvalue weighted by Crippen LogP contribution is 2.30. The van der Waals surface area contributed by atoms with Gasteiger partial charge in [0.15, 0.2) is 0 Å². The molecular formula is C19H22N2O. The van der Waals surface area contributed by atoms with Gasteiger partial charge in [0.25, 0.3) is 0 Å². The van der Waals surface area contributed by atoms with E-state index in [9.17, 15) is 0 Å². The summed E-state index contributed by atoms with van der Waals surface area (Å²) >= 11 is 0. The van der Waals surface area contributed by atoms with Crippen molar-refractivity contribution in [2.45, 2.75) is 32.8 Å². The van der Waals surface area contributed by atoms with Crippen molar-refractivity contribution in [1.29, 1.82) is 0 Å². The van der Waals surface area contributed by atoms with E-state index in [-0.39, 0.29) is 6.10 Å². The number of nitrogens with zero attached hydrogens (tertiary/aromatic N) is 2. The largest absolute Gasteiger partial charge is 0.375 e. The lowest BCUT2D eigenvalue weighted by atomic mass is 9.96. The molecule has 0 aliphatic carbocycles. The fourth-order valence-electron chi connectivity index (χ4n) is 3.15. The van der Waals surface area contributed by atoms with Crippen molar-refractivity contribution >= 4 is 21.8 Å². The third-order valence-electron chi connectivity index (χ3n) is 4.26. The molecule has 0 spiro atoms. The lowest BCUT2D eigenvalue weighted by Gasteiger charge is -2.22. The van der Waals surface area contributed by atoms with Crippen LogP contribution < -0.4 is 0 Å². The van der Waals surface area contributed by atoms with Crippen LogP contribution in [0.3, 0.4) is 0 Å². The molecule has 2 heterocycles. The Morgan fingerprint density at radius 3 is 2.50 bits per heavy atom. The van der Waals surface area contributed by atoms with Gasteiger partial charge in [-0.05, 0) is 24.5 Å². The summed E-state index contributed by atoms with van der Waals surface area (Å²) in [5.41, 5.74) is 2.91. The zero-order valence-electron chi connectivity index (χ0n) is 13.4. The minimum atomic E-state index is 0.0309. The summed E-state index contributed by atoms with van der Waals surface area (Å²) in [4.78, 5) is 9.40. The standard InChI is InChI=1S/C19H22N2O/c1-4-6-13(2)19(22-3)16-11-10-15-9-8-14-7-5-12-20-17(14)18(15)21-16/h5,7-13,19H,4,6H2,1-3H3. The highest BCUT2D eigenvalue weighted by molar-refractivity contribution is 6.02. The first kappa shape index (κ1) is 14.9. The minimum absolute atomic E-state index is 0.0309. The van der Waals surface area contributed by atoms with Gasteiger partial charge in [0.2, 0.25) is 0 Å². The number of hydrogen-bond acceptors (Lipinski definition) is 3. The van der Waals surface area contributed by atoms with Crippen molar-refractivity contribution < 1.29 is 4.74 Å². The molecule has 3 heteroatoms. The summed E-state index contributed by atoms with van der Waals surface area (Å²) in [5, 5.41) is 2.24. The molecule has 2 unspecified atom stereocenters. The molecule has 0 N–H and O–H groups in total. The van der Waals surface area contributed by atoms with E-state index in [1.165, 1.54) is 0 Å². The number of aromatic nitrogens is 2. The van der Waals surface area contributed by atoms with E-state index in [1.54, 1.807) is 7.11 Å². The van der Waals surface area contributed by atoms with Crippen LogP contribution in [0.2, 0.25) is 0 Å². The van der Waals surface area contributed by atoms with Crippen LogP contribution in [-0.2, 0) is 4.74 Å². The van der Waals surface area contributed by atoms with Crippen LogP contribution in [0.5, 0.6) is 0 Å². The first-order chi connectivity index (χ1) is 10.7. The van der Waals surface area contributed by atoms with Crippen LogP contribution in [-0.4, -0.2) is 17.1 Å². The average Bonchev–Trinajstić information content (AvgIpc) is 2.55. The Balaban J connectivity index is 2.13. The quantitative estimate of drug-likeness (QED) is 0.627. The first-order valence-electron chi connectivity index (χ1n) is 7.91. The molecule has 114 valence electrons. The lowest BCUT2D eigenvalue weighted by Crippen LogP contribution is -2.13. The van der Waals surface area contributed by atoms with E-state index in [0.717, 1.165) is 40.3 Å². The van der Waals surface area contributed by atoms with Crippen molar-refractivity contribution in [3.05, 3.63) is 48.3 Å². The van der Waals surface area contributed by atoms with Gasteiger partial charge in [0, 0.05) is 24.1 Å². The number of ether oxygens (including phenoxy) is 1. The Morgan fingerprint density at radius 2 is 1.77 bits per heavy atom. The van der Waals surface area contributed by atoms with Crippen LogP contribution in [0.15, 0.2) is 42.6 Å². The number of pyridine rings is 2. The van der Waals surface area contributed by atoms with Crippen LogP contribution in [0.1, 0.15) is 38.5 Å². The average molecular weight is 294 g/mol. The summed E-state index contributed by atoms with van der Waals surface area (Å²) in [7, 11) is 1.77. The summed E-state index contributed by atoms with van der Waals surface area (Å²) in [6.45, 7) is 4.43. The molecule has 3 aromatic rings. The molecule has 0 radical (unpaired) electrons. The smallest absolute Gasteiger partial charge is 0.102 e. The van der Waals surface area contributed by atoms with Crippen LogP contribution in [0, 0.1) is 5.92 Å². The maximum atomic E-state index is 5.73. The molecule has 3 nitrogen and oxygen atoms in total. The molecule has 0 saturated heterocycles. The summed E-state index contributed by atoms with van der Waals surface area (Å²) < 4.78 is 5.73. The van der Waals surface area contributed by atoms with E-state index in [2.05, 4.69) is 49.2 Å². The molecular weight excluding hydrogens is 272 g/mol. The molecule has 3 rings (SSSR count). The SMILES string of the molecule is CCCC(C)C(OC)c1ccc2ccc3cccnc3c2n1. The second-order valence-corrected chi connectivity index (χ2v) is 5.87. The molecule has 0 aliphatic heterocycles. The van der Waals surface area contributed by atoms with Crippen molar-refractivity contribution in [2.75, 3.05) is 7.11 Å². The van der Waals surface area contributed by atoms with Crippen molar-refractivity contribution in [2.24, 2.45) is 5.92 Å². The van der Waals surface area contributed by atoms with E-state index in [4.69, 9.17) is 9.72 Å². The summed E-state index contributed by atoms with van der Waals surface area (Å²) in [5.74, 6) is 0.447. The van der Waals surface area contributed by atoms with Gasteiger partial charge < -0.3 is 4.74 Å². The highest BCUT2D eigenvalue weighted by Gasteiger charge is 2.20. The fourth-order valence-corrected chi connectivity index (χ4v) is 3.15.